The predicted octanol–water partition coefficient (Wildman–Crippen LogP) is 5.38. The van der Waals surface area contributed by atoms with Crippen molar-refractivity contribution in [1.82, 2.24) is 9.88 Å². The highest BCUT2D eigenvalue weighted by Gasteiger charge is 2.24. The first-order chi connectivity index (χ1) is 15.0. The van der Waals surface area contributed by atoms with Gasteiger partial charge < -0.3 is 19.9 Å². The van der Waals surface area contributed by atoms with Gasteiger partial charge >= 0.3 is 0 Å². The zero-order chi connectivity index (χ0) is 21.8. The largest absolute Gasteiger partial charge is 0.497 e. The molecular weight excluding hydrogens is 406 g/mol. The van der Waals surface area contributed by atoms with Crippen molar-refractivity contribution in [3.63, 3.8) is 0 Å². The first-order valence-corrected chi connectivity index (χ1v) is 11.3. The lowest BCUT2D eigenvalue weighted by molar-refractivity contribution is 0.240. The molecule has 6 heteroatoms. The van der Waals surface area contributed by atoms with Gasteiger partial charge in [-0.25, -0.2) is 0 Å². The van der Waals surface area contributed by atoms with Crippen LogP contribution in [0.25, 0.3) is 10.9 Å². The number of methoxy groups -OCH3 is 1. The highest BCUT2D eigenvalue weighted by atomic mass is 32.1. The van der Waals surface area contributed by atoms with E-state index in [9.17, 15) is 4.79 Å². The molecule has 5 nitrogen and oxygen atoms in total. The highest BCUT2D eigenvalue weighted by molar-refractivity contribution is 7.80. The van der Waals surface area contributed by atoms with Gasteiger partial charge in [-0.3, -0.25) is 4.79 Å². The number of aromatic nitrogens is 1. The molecule has 0 bridgehead atoms. The van der Waals surface area contributed by atoms with Crippen molar-refractivity contribution in [1.29, 1.82) is 0 Å². The molecule has 4 rings (SSSR count). The Balaban J connectivity index is 1.61. The van der Waals surface area contributed by atoms with Crippen LogP contribution in [0.3, 0.4) is 0 Å². The molecule has 1 aromatic heterocycles. The number of aryl methyl sites for hydroxylation is 1. The van der Waals surface area contributed by atoms with E-state index in [1.807, 2.05) is 42.5 Å². The van der Waals surface area contributed by atoms with Crippen LogP contribution in [0, 0.1) is 6.92 Å². The van der Waals surface area contributed by atoms with Crippen LogP contribution in [-0.2, 0) is 6.54 Å². The van der Waals surface area contributed by atoms with E-state index in [-0.39, 0.29) is 5.56 Å². The van der Waals surface area contributed by atoms with Crippen LogP contribution in [-0.4, -0.2) is 28.1 Å². The van der Waals surface area contributed by atoms with Crippen LogP contribution < -0.4 is 15.6 Å². The van der Waals surface area contributed by atoms with Crippen molar-refractivity contribution in [2.45, 2.75) is 51.6 Å². The van der Waals surface area contributed by atoms with E-state index in [0.29, 0.717) is 17.7 Å². The number of anilines is 1. The lowest BCUT2D eigenvalue weighted by Crippen LogP contribution is -2.44. The number of pyridine rings is 1. The molecular formula is C25H29N3O2S. The quantitative estimate of drug-likeness (QED) is 0.527. The molecule has 1 fully saturated rings. The van der Waals surface area contributed by atoms with E-state index in [1.54, 1.807) is 7.11 Å². The molecule has 31 heavy (non-hydrogen) atoms. The van der Waals surface area contributed by atoms with E-state index >= 15 is 0 Å². The molecule has 0 unspecified atom stereocenters. The number of hydrogen-bond acceptors (Lipinski definition) is 3. The van der Waals surface area contributed by atoms with Gasteiger partial charge in [0.05, 0.1) is 13.7 Å². The molecule has 1 saturated carbocycles. The third kappa shape index (κ3) is 5.07. The molecule has 0 atom stereocenters. The smallest absolute Gasteiger partial charge is 0.253 e. The minimum absolute atomic E-state index is 0.0515. The standard InChI is InChI=1S/C25H29N3O2S/c1-17-8-13-23-18(14-17)15-19(24(29)27-23)16-28(21-6-4-3-5-7-21)25(31)26-20-9-11-22(30-2)12-10-20/h8-15,21H,3-7,16H2,1-2H3,(H,26,31)(H,27,29). The first kappa shape index (κ1) is 21.4. The maximum atomic E-state index is 12.8. The van der Waals surface area contributed by atoms with Crippen LogP contribution in [0.15, 0.2) is 53.3 Å². The predicted molar refractivity (Wildman–Crippen MR) is 131 cm³/mol. The van der Waals surface area contributed by atoms with E-state index < -0.39 is 0 Å². The summed E-state index contributed by atoms with van der Waals surface area (Å²) < 4.78 is 5.24. The molecule has 2 aromatic carbocycles. The van der Waals surface area contributed by atoms with Gasteiger partial charge in [0.1, 0.15) is 5.75 Å². The minimum atomic E-state index is -0.0515. The first-order valence-electron chi connectivity index (χ1n) is 10.9. The van der Waals surface area contributed by atoms with Crippen molar-refractivity contribution in [2.24, 2.45) is 0 Å². The molecule has 0 saturated heterocycles. The molecule has 3 aromatic rings. The summed E-state index contributed by atoms with van der Waals surface area (Å²) in [5, 5.41) is 5.07. The highest BCUT2D eigenvalue weighted by Crippen LogP contribution is 2.26. The Labute approximate surface area is 188 Å². The fourth-order valence-electron chi connectivity index (χ4n) is 4.30. The molecule has 2 N–H and O–H groups in total. The number of fused-ring (bicyclic) bond motifs is 1. The minimum Gasteiger partial charge on any atom is -0.497 e. The number of hydrogen-bond donors (Lipinski definition) is 2. The summed E-state index contributed by atoms with van der Waals surface area (Å²) in [6.45, 7) is 2.55. The molecule has 0 radical (unpaired) electrons. The van der Waals surface area contributed by atoms with Crippen LogP contribution in [0.2, 0.25) is 0 Å². The number of ether oxygens (including phenoxy) is 1. The average Bonchev–Trinajstić information content (AvgIpc) is 2.79. The number of thiocarbonyl (C=S) groups is 1. The van der Waals surface area contributed by atoms with Gasteiger partial charge in [0, 0.05) is 22.8 Å². The molecule has 0 spiro atoms. The van der Waals surface area contributed by atoms with Gasteiger partial charge in [-0.15, -0.1) is 0 Å². The zero-order valence-electron chi connectivity index (χ0n) is 18.1. The summed E-state index contributed by atoms with van der Waals surface area (Å²) in [6, 6.07) is 16.1. The molecule has 0 amide bonds. The molecule has 162 valence electrons. The SMILES string of the molecule is COc1ccc(NC(=S)N(Cc2cc3cc(C)ccc3[nH]c2=O)C2CCCCC2)cc1. The molecule has 1 aliphatic carbocycles. The van der Waals surface area contributed by atoms with E-state index in [4.69, 9.17) is 17.0 Å². The van der Waals surface area contributed by atoms with Gasteiger partial charge in [-0.05, 0) is 79.8 Å². The Bertz CT molecular complexity index is 1120. The number of rotatable bonds is 5. The Hall–Kier alpha value is -2.86. The zero-order valence-corrected chi connectivity index (χ0v) is 18.9. The van der Waals surface area contributed by atoms with Crippen LogP contribution in [0.4, 0.5) is 5.69 Å². The van der Waals surface area contributed by atoms with Crippen molar-refractivity contribution < 1.29 is 4.74 Å². The Kier molecular flexibility index (Phi) is 6.56. The summed E-state index contributed by atoms with van der Waals surface area (Å²) >= 11 is 5.83. The number of aromatic amines is 1. The van der Waals surface area contributed by atoms with Crippen LogP contribution >= 0.6 is 12.2 Å². The second kappa shape index (κ2) is 9.52. The van der Waals surface area contributed by atoms with E-state index in [2.05, 4.69) is 28.2 Å². The van der Waals surface area contributed by atoms with E-state index in [0.717, 1.165) is 40.7 Å². The maximum absolute atomic E-state index is 12.8. The van der Waals surface area contributed by atoms with Crippen molar-refractivity contribution in [3.8, 4) is 5.75 Å². The second-order valence-corrected chi connectivity index (χ2v) is 8.68. The molecule has 0 aliphatic heterocycles. The number of nitrogens with zero attached hydrogens (tertiary/aromatic N) is 1. The van der Waals surface area contributed by atoms with Gasteiger partial charge in [0.25, 0.3) is 5.56 Å². The number of H-pyrrole nitrogens is 1. The Morgan fingerprint density at radius 2 is 1.87 bits per heavy atom. The van der Waals surface area contributed by atoms with Gasteiger partial charge in [-0.2, -0.15) is 0 Å². The van der Waals surface area contributed by atoms with Gasteiger partial charge in [0.2, 0.25) is 0 Å². The van der Waals surface area contributed by atoms with Gasteiger partial charge in [-0.1, -0.05) is 30.9 Å². The van der Waals surface area contributed by atoms with Crippen molar-refractivity contribution in [3.05, 3.63) is 70.0 Å². The van der Waals surface area contributed by atoms with Crippen LogP contribution in [0.1, 0.15) is 43.2 Å². The topological polar surface area (TPSA) is 57.4 Å². The lowest BCUT2D eigenvalue weighted by atomic mass is 9.94. The summed E-state index contributed by atoms with van der Waals surface area (Å²) in [7, 11) is 1.65. The molecule has 1 heterocycles. The summed E-state index contributed by atoms with van der Waals surface area (Å²) in [6.07, 6.45) is 5.84. The third-order valence-corrected chi connectivity index (χ3v) is 6.37. The second-order valence-electron chi connectivity index (χ2n) is 8.29. The number of nitrogens with one attached hydrogen (secondary N) is 2. The molecule has 1 aliphatic rings. The maximum Gasteiger partial charge on any atom is 0.253 e. The lowest BCUT2D eigenvalue weighted by Gasteiger charge is -2.36. The fraction of sp³-hybridized carbons (Fsp3) is 0.360. The Morgan fingerprint density at radius 3 is 2.58 bits per heavy atom. The van der Waals surface area contributed by atoms with E-state index in [1.165, 1.54) is 24.8 Å². The monoisotopic (exact) mass is 435 g/mol. The average molecular weight is 436 g/mol. The summed E-state index contributed by atoms with van der Waals surface area (Å²) in [5.41, 5.74) is 3.63. The fourth-order valence-corrected chi connectivity index (χ4v) is 4.63. The van der Waals surface area contributed by atoms with Gasteiger partial charge in [0.15, 0.2) is 5.11 Å². The third-order valence-electron chi connectivity index (χ3n) is 6.03. The summed E-state index contributed by atoms with van der Waals surface area (Å²) in [4.78, 5) is 18.1. The Morgan fingerprint density at radius 1 is 1.13 bits per heavy atom. The van der Waals surface area contributed by atoms with Crippen molar-refractivity contribution >= 4 is 33.9 Å². The normalized spacial score (nSPS) is 14.4. The number of benzene rings is 2. The van der Waals surface area contributed by atoms with Crippen LogP contribution in [0.5, 0.6) is 5.75 Å². The van der Waals surface area contributed by atoms with Crippen molar-refractivity contribution in [2.75, 3.05) is 12.4 Å². The summed E-state index contributed by atoms with van der Waals surface area (Å²) in [5.74, 6) is 0.804.